The van der Waals surface area contributed by atoms with E-state index in [0.717, 1.165) is 35.0 Å². The number of carbonyl (C=O) groups excluding carboxylic acids is 2. The second-order valence-electron chi connectivity index (χ2n) is 8.99. The maximum Gasteiger partial charge on any atom is 1.00 e. The van der Waals surface area contributed by atoms with Crippen molar-refractivity contribution in [2.45, 2.75) is 17.2 Å². The Hall–Kier alpha value is -2.06. The van der Waals surface area contributed by atoms with Gasteiger partial charge in [-0.3, -0.25) is 18.9 Å². The van der Waals surface area contributed by atoms with Crippen LogP contribution in [-0.4, -0.2) is 68.4 Å². The van der Waals surface area contributed by atoms with Crippen LogP contribution in [0.5, 0.6) is 0 Å². The number of anilines is 1. The van der Waals surface area contributed by atoms with E-state index in [0.29, 0.717) is 0 Å². The predicted molar refractivity (Wildman–Crippen MR) is 158 cm³/mol. The number of aromatic carboxylic acids is 1. The molecule has 50 heavy (non-hydrogen) atoms. The van der Waals surface area contributed by atoms with E-state index in [9.17, 15) is 53.8 Å². The Balaban J connectivity index is 0.00000600. The van der Waals surface area contributed by atoms with Crippen LogP contribution in [0.15, 0.2) is 97.6 Å². The van der Waals surface area contributed by atoms with E-state index in [1.165, 1.54) is 42.5 Å². The molecular formula is C26H22N5Na3O13S3. The van der Waals surface area contributed by atoms with Crippen LogP contribution >= 0.6 is 0 Å². The summed E-state index contributed by atoms with van der Waals surface area (Å²) in [6.07, 6.45) is 0. The van der Waals surface area contributed by atoms with Crippen molar-refractivity contribution >= 4 is 59.3 Å². The predicted octanol–water partition coefficient (Wildman–Crippen LogP) is -8.00. The number of hydrogen-bond acceptors (Lipinski definition) is 15. The molecule has 3 aromatic carbocycles. The van der Waals surface area contributed by atoms with Crippen molar-refractivity contribution in [2.24, 2.45) is 10.2 Å². The van der Waals surface area contributed by atoms with E-state index in [1.807, 2.05) is 0 Å². The van der Waals surface area contributed by atoms with E-state index in [1.54, 1.807) is 0 Å². The molecule has 1 amide bonds. The Morgan fingerprint density at radius 1 is 0.840 bits per heavy atom. The molecule has 4 rings (SSSR count). The van der Waals surface area contributed by atoms with Gasteiger partial charge < -0.3 is 24.3 Å². The monoisotopic (exact) mass is 777 g/mol. The normalized spacial score (nSPS) is 11.3. The summed E-state index contributed by atoms with van der Waals surface area (Å²) < 4.78 is 94.5. The van der Waals surface area contributed by atoms with Gasteiger partial charge in [-0.25, -0.2) is 29.9 Å². The summed E-state index contributed by atoms with van der Waals surface area (Å²) in [6, 6.07) is 14.2. The number of aromatic amines is 1. The SMILES string of the molecule is C.O=C(Nc1cccc(S(=O)(=O)CCOS(=O)(=O)[O-])c1)c1ccc(N=Nc2c(C(=O)[O-])[nH]n(-c3ccc(S(=O)(=O)[O-])cc3)c2=O)cc1.[Na+].[Na+].[Na+]. The number of azo groups is 1. The molecule has 0 aliphatic carbocycles. The van der Waals surface area contributed by atoms with Crippen LogP contribution in [-0.2, 0) is 34.5 Å². The molecule has 2 N–H and O–H groups in total. The van der Waals surface area contributed by atoms with Gasteiger partial charge in [0.05, 0.1) is 39.5 Å². The number of hydrogen-bond donors (Lipinski definition) is 2. The average molecular weight is 778 g/mol. The number of carboxylic acid groups (broad SMARTS) is 1. The molecule has 4 aromatic rings. The number of H-pyrrole nitrogens is 1. The van der Waals surface area contributed by atoms with Crippen LogP contribution < -0.4 is 105 Å². The second-order valence-corrected chi connectivity index (χ2v) is 13.5. The van der Waals surface area contributed by atoms with Crippen molar-refractivity contribution in [3.8, 4) is 5.69 Å². The number of carboxylic acids is 1. The third-order valence-corrected chi connectivity index (χ3v) is 8.86. The van der Waals surface area contributed by atoms with Crippen LogP contribution in [0.1, 0.15) is 28.3 Å². The van der Waals surface area contributed by atoms with Crippen LogP contribution in [0.3, 0.4) is 0 Å². The van der Waals surface area contributed by atoms with E-state index in [-0.39, 0.29) is 124 Å². The molecule has 0 saturated heterocycles. The fourth-order valence-corrected chi connectivity index (χ4v) is 5.72. The zero-order valence-corrected chi connectivity index (χ0v) is 34.2. The summed E-state index contributed by atoms with van der Waals surface area (Å²) in [6.45, 7) is -0.894. The number of rotatable bonds is 12. The zero-order valence-electron chi connectivity index (χ0n) is 25.7. The van der Waals surface area contributed by atoms with E-state index < -0.39 is 76.4 Å². The molecule has 0 aliphatic heterocycles. The first kappa shape index (κ1) is 47.9. The first-order valence-electron chi connectivity index (χ1n) is 12.3. The van der Waals surface area contributed by atoms with E-state index in [2.05, 4.69) is 24.8 Å². The Kier molecular flexibility index (Phi) is 18.9. The van der Waals surface area contributed by atoms with Crippen molar-refractivity contribution < 1.29 is 142 Å². The van der Waals surface area contributed by atoms with Crippen molar-refractivity contribution in [1.82, 2.24) is 9.78 Å². The van der Waals surface area contributed by atoms with E-state index in [4.69, 9.17) is 0 Å². The van der Waals surface area contributed by atoms with Gasteiger partial charge in [-0.2, -0.15) is 5.11 Å². The summed E-state index contributed by atoms with van der Waals surface area (Å²) in [4.78, 5) is 36.3. The number of nitrogens with one attached hydrogen (secondary N) is 2. The number of nitrogens with zero attached hydrogens (tertiary/aromatic N) is 3. The number of carbonyl (C=O) groups is 2. The average Bonchev–Trinajstić information content (AvgIpc) is 3.31. The number of aromatic nitrogens is 2. The van der Waals surface area contributed by atoms with Crippen molar-refractivity contribution in [1.29, 1.82) is 0 Å². The fourth-order valence-electron chi connectivity index (χ4n) is 3.73. The van der Waals surface area contributed by atoms with Gasteiger partial charge in [0.25, 0.3) is 11.5 Å². The Morgan fingerprint density at radius 2 is 1.44 bits per heavy atom. The molecular weight excluding hydrogens is 755 g/mol. The van der Waals surface area contributed by atoms with Crippen LogP contribution in [0.2, 0.25) is 0 Å². The molecule has 1 heterocycles. The summed E-state index contributed by atoms with van der Waals surface area (Å²) in [5, 5.41) is 23.9. The molecule has 0 unspecified atom stereocenters. The second kappa shape index (κ2) is 19.7. The largest absolute Gasteiger partial charge is 1.00 e. The molecule has 0 radical (unpaired) electrons. The van der Waals surface area contributed by atoms with Gasteiger partial charge in [0, 0.05) is 11.3 Å². The minimum absolute atomic E-state index is 0. The van der Waals surface area contributed by atoms with Gasteiger partial charge in [-0.1, -0.05) is 13.5 Å². The Bertz CT molecular complexity index is 2240. The molecule has 0 aliphatic rings. The summed E-state index contributed by atoms with van der Waals surface area (Å²) >= 11 is 0. The first-order valence-corrected chi connectivity index (χ1v) is 16.7. The van der Waals surface area contributed by atoms with Gasteiger partial charge in [0.1, 0.15) is 15.8 Å². The van der Waals surface area contributed by atoms with Crippen LogP contribution in [0.4, 0.5) is 17.1 Å². The Morgan fingerprint density at radius 3 is 1.98 bits per heavy atom. The molecule has 0 spiro atoms. The molecule has 0 bridgehead atoms. The molecule has 250 valence electrons. The van der Waals surface area contributed by atoms with Crippen LogP contribution in [0, 0.1) is 0 Å². The minimum atomic E-state index is -5.08. The summed E-state index contributed by atoms with van der Waals surface area (Å²) in [5.74, 6) is -3.30. The van der Waals surface area contributed by atoms with Gasteiger partial charge in [0.2, 0.25) is 10.4 Å². The van der Waals surface area contributed by atoms with Crippen molar-refractivity contribution in [3.63, 3.8) is 0 Å². The zero-order chi connectivity index (χ0) is 33.9. The third-order valence-electron chi connectivity index (χ3n) is 5.88. The van der Waals surface area contributed by atoms with Gasteiger partial charge in [0.15, 0.2) is 15.5 Å². The van der Waals surface area contributed by atoms with E-state index >= 15 is 0 Å². The molecule has 0 atom stereocenters. The standard InChI is InChI=1S/C25H21N5O13S3.CH4.3Na/c31-23(26-17-2-1-3-20(14-17)44(35,36)13-12-43-46(40,41)42)15-4-6-16(7-5-15)27-28-21-22(25(33)34)29-30(24(21)32)18-8-10-19(11-9-18)45(37,38)39;;;;/h1-11,14,29H,12-13H2,(H,26,31)(H,33,34)(H,37,38,39)(H,40,41,42);1H4;;;/q;;3*+1/p-3. The minimum Gasteiger partial charge on any atom is -0.744 e. The van der Waals surface area contributed by atoms with Gasteiger partial charge in [-0.05, 0) is 66.7 Å². The number of amides is 1. The Labute approximate surface area is 352 Å². The number of sulfone groups is 1. The smallest absolute Gasteiger partial charge is 0.744 e. The molecule has 18 nitrogen and oxygen atoms in total. The maximum atomic E-state index is 12.9. The maximum absolute atomic E-state index is 12.9. The topological polar surface area (TPSA) is 290 Å². The van der Waals surface area contributed by atoms with Crippen molar-refractivity contribution in [3.05, 3.63) is 94.4 Å². The van der Waals surface area contributed by atoms with Crippen molar-refractivity contribution in [2.75, 3.05) is 17.7 Å². The van der Waals surface area contributed by atoms with Crippen LogP contribution in [0.25, 0.3) is 5.69 Å². The summed E-state index contributed by atoms with van der Waals surface area (Å²) in [7, 11) is -13.9. The molecule has 1 aromatic heterocycles. The number of benzene rings is 3. The quantitative estimate of drug-likeness (QED) is 0.0586. The molecule has 0 fully saturated rings. The van der Waals surface area contributed by atoms with Gasteiger partial charge >= 0.3 is 88.7 Å². The fraction of sp³-hybridized carbons (Fsp3) is 0.115. The molecule has 0 saturated carbocycles. The third kappa shape index (κ3) is 12.9. The summed E-state index contributed by atoms with van der Waals surface area (Å²) in [5.41, 5.74) is -2.23. The van der Waals surface area contributed by atoms with Gasteiger partial charge in [-0.15, -0.1) is 5.11 Å². The molecule has 24 heteroatoms. The first-order chi connectivity index (χ1) is 21.4.